The molecule has 0 aliphatic heterocycles. The van der Waals surface area contributed by atoms with E-state index in [4.69, 9.17) is 0 Å². The Morgan fingerprint density at radius 3 is 1.81 bits per heavy atom. The molecule has 0 aromatic heterocycles. The van der Waals surface area contributed by atoms with Gasteiger partial charge in [-0.3, -0.25) is 0 Å². The molecule has 0 fully saturated rings. The zero-order valence-electron chi connectivity index (χ0n) is 10.8. The van der Waals surface area contributed by atoms with Gasteiger partial charge in [0.25, 0.3) is 0 Å². The average Bonchev–Trinajstić information content (AvgIpc) is 2.32. The van der Waals surface area contributed by atoms with Crippen LogP contribution in [0.25, 0.3) is 0 Å². The Morgan fingerprint density at radius 1 is 0.875 bits per heavy atom. The Hall–Kier alpha value is 0.480. The molecular formula is C15H24Ca. The number of hydrogen-bond donors (Lipinski definition) is 0. The molecule has 0 aliphatic rings. The third-order valence-electron chi connectivity index (χ3n) is 2.21. The number of benzene rings is 1. The fraction of sp³-hybridized carbons (Fsp3) is 0.533. The van der Waals surface area contributed by atoms with Crippen molar-refractivity contribution in [2.75, 3.05) is 0 Å². The second-order valence-electron chi connectivity index (χ2n) is 3.70. The average molecular weight is 244 g/mol. The zero-order valence-corrected chi connectivity index (χ0v) is 13.0. The third-order valence-corrected chi connectivity index (χ3v) is 2.21. The molecule has 0 spiro atoms. The van der Waals surface area contributed by atoms with E-state index in [1.165, 1.54) is 38.5 Å². The Bertz CT molecular complexity index is 151. The van der Waals surface area contributed by atoms with Crippen LogP contribution in [0.4, 0.5) is 0 Å². The van der Waals surface area contributed by atoms with E-state index in [-0.39, 0.29) is 37.7 Å². The second kappa shape index (κ2) is 17.9. The molecule has 0 aliphatic carbocycles. The standard InChI is InChI=1S/C9H19.C6H5.Ca/c1-3-5-7-9-8-6-4-2;1-2-4-6-5-3-1;/h1,3-9H2,2H3;1-5H;/q2*-1;+2. The fourth-order valence-electron chi connectivity index (χ4n) is 1.30. The van der Waals surface area contributed by atoms with E-state index in [1.807, 2.05) is 30.3 Å². The summed E-state index contributed by atoms with van der Waals surface area (Å²) in [5.41, 5.74) is 0. The van der Waals surface area contributed by atoms with E-state index in [1.54, 1.807) is 0 Å². The summed E-state index contributed by atoms with van der Waals surface area (Å²) >= 11 is 0. The van der Waals surface area contributed by atoms with Crippen LogP contribution in [0.3, 0.4) is 0 Å². The van der Waals surface area contributed by atoms with E-state index in [0.717, 1.165) is 6.42 Å². The molecule has 1 rings (SSSR count). The first kappa shape index (κ1) is 18.8. The number of hydrogen-bond acceptors (Lipinski definition) is 0. The van der Waals surface area contributed by atoms with Gasteiger partial charge in [-0.05, 0) is 0 Å². The summed E-state index contributed by atoms with van der Waals surface area (Å²) in [4.78, 5) is 0. The fourth-order valence-corrected chi connectivity index (χ4v) is 1.30. The van der Waals surface area contributed by atoms with E-state index in [9.17, 15) is 0 Å². The van der Waals surface area contributed by atoms with E-state index >= 15 is 0 Å². The molecule has 0 saturated heterocycles. The van der Waals surface area contributed by atoms with Gasteiger partial charge in [0.2, 0.25) is 0 Å². The van der Waals surface area contributed by atoms with Gasteiger partial charge in [-0.15, -0.1) is 0 Å². The molecule has 0 heterocycles. The van der Waals surface area contributed by atoms with Crippen molar-refractivity contribution < 1.29 is 0 Å². The normalized spacial score (nSPS) is 8.62. The summed E-state index contributed by atoms with van der Waals surface area (Å²) in [6, 6.07) is 12.5. The third kappa shape index (κ3) is 16.9. The molecule has 0 unspecified atom stereocenters. The smallest absolute Gasteiger partial charge is 0.343 e. The van der Waals surface area contributed by atoms with Crippen LogP contribution in [0.5, 0.6) is 0 Å². The molecule has 16 heavy (non-hydrogen) atoms. The van der Waals surface area contributed by atoms with Gasteiger partial charge in [0, 0.05) is 0 Å². The first-order chi connectivity index (χ1) is 7.41. The van der Waals surface area contributed by atoms with Gasteiger partial charge in [0.05, 0.1) is 0 Å². The zero-order chi connectivity index (χ0) is 11.2. The van der Waals surface area contributed by atoms with Crippen molar-refractivity contribution in [2.45, 2.75) is 51.9 Å². The molecule has 0 nitrogen and oxygen atoms in total. The van der Waals surface area contributed by atoms with Gasteiger partial charge in [-0.1, -0.05) is 45.4 Å². The largest absolute Gasteiger partial charge is 2.00 e. The molecule has 0 saturated carbocycles. The molecule has 0 atom stereocenters. The maximum absolute atomic E-state index is 3.80. The van der Waals surface area contributed by atoms with Crippen LogP contribution in [0.1, 0.15) is 51.9 Å². The van der Waals surface area contributed by atoms with Crippen molar-refractivity contribution in [1.82, 2.24) is 0 Å². The van der Waals surface area contributed by atoms with Gasteiger partial charge in [0.1, 0.15) is 0 Å². The summed E-state index contributed by atoms with van der Waals surface area (Å²) in [5.74, 6) is 0. The molecular weight excluding hydrogens is 220 g/mol. The predicted molar refractivity (Wildman–Crippen MR) is 74.4 cm³/mol. The molecule has 0 bridgehead atoms. The van der Waals surface area contributed by atoms with Crippen LogP contribution in [-0.4, -0.2) is 37.7 Å². The summed E-state index contributed by atoms with van der Waals surface area (Å²) in [5, 5.41) is 0. The molecule has 0 N–H and O–H groups in total. The topological polar surface area (TPSA) is 0 Å². The number of unbranched alkanes of at least 4 members (excludes halogenated alkanes) is 6. The van der Waals surface area contributed by atoms with E-state index < -0.39 is 0 Å². The SMILES string of the molecule is [CH2-]CCCCCCCC.[Ca+2].[c-]1ccccc1. The molecule has 1 heteroatoms. The molecule has 0 radical (unpaired) electrons. The monoisotopic (exact) mass is 244 g/mol. The van der Waals surface area contributed by atoms with Crippen molar-refractivity contribution in [3.05, 3.63) is 43.3 Å². The van der Waals surface area contributed by atoms with Crippen LogP contribution in [-0.2, 0) is 0 Å². The summed E-state index contributed by atoms with van der Waals surface area (Å²) < 4.78 is 0. The summed E-state index contributed by atoms with van der Waals surface area (Å²) in [6.45, 7) is 6.05. The number of rotatable bonds is 6. The first-order valence-corrected chi connectivity index (χ1v) is 6.12. The molecule has 86 valence electrons. The maximum atomic E-state index is 3.80. The molecule has 1 aromatic carbocycles. The van der Waals surface area contributed by atoms with Crippen molar-refractivity contribution in [2.24, 2.45) is 0 Å². The van der Waals surface area contributed by atoms with Crippen LogP contribution >= 0.6 is 0 Å². The molecule has 0 amide bonds. The Kier molecular flexibility index (Phi) is 21.0. The van der Waals surface area contributed by atoms with Crippen molar-refractivity contribution in [3.63, 3.8) is 0 Å². The Morgan fingerprint density at radius 2 is 1.44 bits per heavy atom. The van der Waals surface area contributed by atoms with Crippen LogP contribution < -0.4 is 0 Å². The van der Waals surface area contributed by atoms with Gasteiger partial charge in [-0.2, -0.15) is 42.8 Å². The maximum Gasteiger partial charge on any atom is 2.00 e. The van der Waals surface area contributed by atoms with Crippen molar-refractivity contribution in [3.8, 4) is 0 Å². The molecule has 1 aromatic rings. The second-order valence-corrected chi connectivity index (χ2v) is 3.70. The minimum atomic E-state index is 0. The van der Waals surface area contributed by atoms with Gasteiger partial charge >= 0.3 is 37.7 Å². The Balaban J connectivity index is 0. The van der Waals surface area contributed by atoms with Crippen molar-refractivity contribution in [1.29, 1.82) is 0 Å². The first-order valence-electron chi connectivity index (χ1n) is 6.12. The quantitative estimate of drug-likeness (QED) is 0.387. The van der Waals surface area contributed by atoms with Gasteiger partial charge in [0.15, 0.2) is 0 Å². The minimum absolute atomic E-state index is 0. The summed E-state index contributed by atoms with van der Waals surface area (Å²) in [6.07, 6.45) is 9.45. The minimum Gasteiger partial charge on any atom is -0.343 e. The van der Waals surface area contributed by atoms with E-state index in [2.05, 4.69) is 19.9 Å². The predicted octanol–water partition coefficient (Wildman–Crippen LogP) is 4.68. The van der Waals surface area contributed by atoms with Crippen LogP contribution in [0, 0.1) is 13.0 Å². The Labute approximate surface area is 132 Å². The van der Waals surface area contributed by atoms with Gasteiger partial charge < -0.3 is 6.92 Å². The van der Waals surface area contributed by atoms with Gasteiger partial charge in [-0.25, -0.2) is 0 Å². The van der Waals surface area contributed by atoms with Crippen LogP contribution in [0.15, 0.2) is 30.3 Å². The van der Waals surface area contributed by atoms with Crippen LogP contribution in [0.2, 0.25) is 0 Å². The van der Waals surface area contributed by atoms with Crippen molar-refractivity contribution >= 4 is 37.7 Å². The van der Waals surface area contributed by atoms with E-state index in [0.29, 0.717) is 0 Å². The summed E-state index contributed by atoms with van der Waals surface area (Å²) in [7, 11) is 0.